The number of nitrogens with zero attached hydrogens (tertiary/aromatic N) is 1. The van der Waals surface area contributed by atoms with E-state index in [1.807, 2.05) is 13.0 Å². The van der Waals surface area contributed by atoms with Crippen LogP contribution in [0, 0.1) is 13.8 Å². The largest absolute Gasteiger partial charge is 0.387 e. The van der Waals surface area contributed by atoms with Crippen LogP contribution in [-0.4, -0.2) is 16.2 Å². The highest BCUT2D eigenvalue weighted by Crippen LogP contribution is 2.24. The number of aryl methyl sites for hydroxylation is 1. The second kappa shape index (κ2) is 4.15. The fourth-order valence-electron chi connectivity index (χ4n) is 2.06. The zero-order valence-corrected chi connectivity index (χ0v) is 9.41. The Kier molecular flexibility index (Phi) is 3.34. The monoisotopic (exact) mass is 196 g/mol. The topological polar surface area (TPSA) is 51.2 Å². The molecule has 0 spiro atoms. The fraction of sp³-hybridized carbons (Fsp3) is 0.636. The van der Waals surface area contributed by atoms with Crippen molar-refractivity contribution in [3.05, 3.63) is 23.0 Å². The minimum atomic E-state index is -0.534. The standard InChI is InChI=1S/C11H20N2O/c1-7(2)13-8(3)5-10(9(13)4)11(14)6-12/h5,7,11,14H,6,12H2,1-4H3. The average Bonchev–Trinajstić information content (AvgIpc) is 2.40. The van der Waals surface area contributed by atoms with E-state index < -0.39 is 6.10 Å². The molecule has 14 heavy (non-hydrogen) atoms. The molecule has 0 saturated carbocycles. The van der Waals surface area contributed by atoms with Crippen LogP contribution >= 0.6 is 0 Å². The van der Waals surface area contributed by atoms with Crippen LogP contribution in [0.3, 0.4) is 0 Å². The van der Waals surface area contributed by atoms with E-state index in [1.165, 1.54) is 5.69 Å². The molecule has 0 aromatic carbocycles. The lowest BCUT2D eigenvalue weighted by molar-refractivity contribution is 0.185. The second-order valence-electron chi connectivity index (χ2n) is 4.04. The Hall–Kier alpha value is -0.800. The minimum Gasteiger partial charge on any atom is -0.387 e. The molecule has 0 radical (unpaired) electrons. The van der Waals surface area contributed by atoms with Gasteiger partial charge in [0.2, 0.25) is 0 Å². The number of hydrogen-bond acceptors (Lipinski definition) is 2. The molecule has 3 nitrogen and oxygen atoms in total. The summed E-state index contributed by atoms with van der Waals surface area (Å²) in [4.78, 5) is 0. The number of rotatable bonds is 3. The average molecular weight is 196 g/mol. The second-order valence-corrected chi connectivity index (χ2v) is 4.04. The van der Waals surface area contributed by atoms with Gasteiger partial charge in [0, 0.05) is 29.5 Å². The highest BCUT2D eigenvalue weighted by Gasteiger charge is 2.15. The summed E-state index contributed by atoms with van der Waals surface area (Å²) in [5.74, 6) is 0. The molecule has 1 rings (SSSR count). The Labute approximate surface area is 85.5 Å². The molecule has 1 atom stereocenters. The van der Waals surface area contributed by atoms with Crippen molar-refractivity contribution in [1.29, 1.82) is 0 Å². The molecule has 1 unspecified atom stereocenters. The summed E-state index contributed by atoms with van der Waals surface area (Å²) >= 11 is 0. The number of hydrogen-bond donors (Lipinski definition) is 2. The molecule has 0 aliphatic heterocycles. The first-order chi connectivity index (χ1) is 6.49. The summed E-state index contributed by atoms with van der Waals surface area (Å²) in [5, 5.41) is 9.69. The first-order valence-electron chi connectivity index (χ1n) is 5.05. The fourth-order valence-corrected chi connectivity index (χ4v) is 2.06. The molecule has 3 heteroatoms. The van der Waals surface area contributed by atoms with E-state index in [0.717, 1.165) is 11.3 Å². The summed E-state index contributed by atoms with van der Waals surface area (Å²) in [7, 11) is 0. The van der Waals surface area contributed by atoms with Crippen molar-refractivity contribution in [2.24, 2.45) is 5.73 Å². The van der Waals surface area contributed by atoms with Gasteiger partial charge in [-0.25, -0.2) is 0 Å². The number of nitrogens with two attached hydrogens (primary N) is 1. The quantitative estimate of drug-likeness (QED) is 0.772. The maximum atomic E-state index is 9.69. The normalized spacial score (nSPS) is 13.6. The third-order valence-corrected chi connectivity index (χ3v) is 2.62. The molecular weight excluding hydrogens is 176 g/mol. The Morgan fingerprint density at radius 2 is 2.00 bits per heavy atom. The lowest BCUT2D eigenvalue weighted by atomic mass is 10.1. The molecular formula is C11H20N2O. The Morgan fingerprint density at radius 1 is 1.43 bits per heavy atom. The van der Waals surface area contributed by atoms with E-state index in [4.69, 9.17) is 5.73 Å². The summed E-state index contributed by atoms with van der Waals surface area (Å²) < 4.78 is 2.22. The molecule has 0 amide bonds. The smallest absolute Gasteiger partial charge is 0.0929 e. The van der Waals surface area contributed by atoms with Crippen molar-refractivity contribution in [1.82, 2.24) is 4.57 Å². The van der Waals surface area contributed by atoms with Crippen molar-refractivity contribution >= 4 is 0 Å². The van der Waals surface area contributed by atoms with E-state index in [9.17, 15) is 5.11 Å². The summed E-state index contributed by atoms with van der Waals surface area (Å²) in [6.45, 7) is 8.64. The predicted molar refractivity (Wildman–Crippen MR) is 58.3 cm³/mol. The van der Waals surface area contributed by atoms with E-state index in [-0.39, 0.29) is 6.54 Å². The molecule has 0 aliphatic rings. The molecule has 1 aromatic rings. The molecule has 3 N–H and O–H groups in total. The van der Waals surface area contributed by atoms with Crippen LogP contribution in [-0.2, 0) is 0 Å². The molecule has 0 aliphatic carbocycles. The van der Waals surface area contributed by atoms with Gasteiger partial charge in [-0.3, -0.25) is 0 Å². The van der Waals surface area contributed by atoms with Crippen LogP contribution in [0.2, 0.25) is 0 Å². The van der Waals surface area contributed by atoms with E-state index in [2.05, 4.69) is 25.3 Å². The predicted octanol–water partition coefficient (Wildman–Crippen LogP) is 1.68. The van der Waals surface area contributed by atoms with Gasteiger partial charge in [0.25, 0.3) is 0 Å². The molecule has 0 saturated heterocycles. The van der Waals surface area contributed by atoms with Crippen LogP contribution < -0.4 is 5.73 Å². The highest BCUT2D eigenvalue weighted by atomic mass is 16.3. The third kappa shape index (κ3) is 1.83. The van der Waals surface area contributed by atoms with Crippen LogP contribution in [0.1, 0.15) is 42.9 Å². The molecule has 0 fully saturated rings. The van der Waals surface area contributed by atoms with Crippen molar-refractivity contribution in [2.75, 3.05) is 6.54 Å². The molecule has 80 valence electrons. The van der Waals surface area contributed by atoms with Gasteiger partial charge in [-0.2, -0.15) is 0 Å². The molecule has 1 aromatic heterocycles. The van der Waals surface area contributed by atoms with E-state index >= 15 is 0 Å². The van der Waals surface area contributed by atoms with Crippen LogP contribution in [0.25, 0.3) is 0 Å². The van der Waals surface area contributed by atoms with Gasteiger partial charge in [-0.1, -0.05) is 0 Å². The Bertz CT molecular complexity index is 315. The van der Waals surface area contributed by atoms with Crippen LogP contribution in [0.15, 0.2) is 6.07 Å². The van der Waals surface area contributed by atoms with Crippen molar-refractivity contribution in [2.45, 2.75) is 39.8 Å². The minimum absolute atomic E-state index is 0.280. The lowest BCUT2D eigenvalue weighted by Crippen LogP contribution is -2.13. The maximum Gasteiger partial charge on any atom is 0.0929 e. The van der Waals surface area contributed by atoms with Crippen molar-refractivity contribution < 1.29 is 5.11 Å². The van der Waals surface area contributed by atoms with Gasteiger partial charge < -0.3 is 15.4 Å². The van der Waals surface area contributed by atoms with Crippen molar-refractivity contribution in [3.8, 4) is 0 Å². The zero-order valence-electron chi connectivity index (χ0n) is 9.41. The van der Waals surface area contributed by atoms with Gasteiger partial charge in [0.05, 0.1) is 6.10 Å². The third-order valence-electron chi connectivity index (χ3n) is 2.62. The van der Waals surface area contributed by atoms with Crippen LogP contribution in [0.4, 0.5) is 0 Å². The molecule has 0 bridgehead atoms. The zero-order chi connectivity index (χ0) is 10.9. The van der Waals surface area contributed by atoms with Gasteiger partial charge in [0.1, 0.15) is 0 Å². The lowest BCUT2D eigenvalue weighted by Gasteiger charge is -2.14. The van der Waals surface area contributed by atoms with E-state index in [0.29, 0.717) is 6.04 Å². The van der Waals surface area contributed by atoms with Gasteiger partial charge in [-0.05, 0) is 33.8 Å². The Morgan fingerprint density at radius 3 is 2.36 bits per heavy atom. The summed E-state index contributed by atoms with van der Waals surface area (Å²) in [5.41, 5.74) is 8.71. The van der Waals surface area contributed by atoms with Gasteiger partial charge in [0.15, 0.2) is 0 Å². The number of aliphatic hydroxyl groups excluding tert-OH is 1. The van der Waals surface area contributed by atoms with Crippen molar-refractivity contribution in [3.63, 3.8) is 0 Å². The first-order valence-corrected chi connectivity index (χ1v) is 5.05. The van der Waals surface area contributed by atoms with Gasteiger partial charge in [-0.15, -0.1) is 0 Å². The highest BCUT2D eigenvalue weighted by molar-refractivity contribution is 5.29. The van der Waals surface area contributed by atoms with E-state index in [1.54, 1.807) is 0 Å². The van der Waals surface area contributed by atoms with Gasteiger partial charge >= 0.3 is 0 Å². The van der Waals surface area contributed by atoms with Crippen LogP contribution in [0.5, 0.6) is 0 Å². The summed E-state index contributed by atoms with van der Waals surface area (Å²) in [6.07, 6.45) is -0.534. The maximum absolute atomic E-state index is 9.69. The number of aliphatic hydroxyl groups is 1. The molecule has 1 heterocycles. The number of aromatic nitrogens is 1. The SMILES string of the molecule is Cc1cc(C(O)CN)c(C)n1C(C)C. The Balaban J connectivity index is 3.16. The summed E-state index contributed by atoms with van der Waals surface area (Å²) in [6, 6.07) is 2.45. The first kappa shape index (κ1) is 11.3.